The fraction of sp³-hybridized carbons (Fsp3) is 0.143. The molecule has 0 heterocycles. The minimum Gasteiger partial charge on any atom is -0.497 e. The SMILES string of the molecule is COc1cccc(NS(=O)(=O)c2cccc(F)c2CN)c1. The van der Waals surface area contributed by atoms with Crippen molar-refractivity contribution in [3.05, 3.63) is 53.8 Å². The third kappa shape index (κ3) is 3.32. The Morgan fingerprint density at radius 1 is 1.24 bits per heavy atom. The summed E-state index contributed by atoms with van der Waals surface area (Å²) in [6.45, 7) is -0.207. The van der Waals surface area contributed by atoms with E-state index in [0.29, 0.717) is 11.4 Å². The summed E-state index contributed by atoms with van der Waals surface area (Å²) in [5.74, 6) is -0.139. The molecule has 112 valence electrons. The molecule has 0 atom stereocenters. The summed E-state index contributed by atoms with van der Waals surface area (Å²) in [5, 5.41) is 0. The van der Waals surface area contributed by atoms with E-state index in [-0.39, 0.29) is 17.0 Å². The smallest absolute Gasteiger partial charge is 0.262 e. The van der Waals surface area contributed by atoms with Crippen molar-refractivity contribution < 1.29 is 17.5 Å². The van der Waals surface area contributed by atoms with E-state index in [4.69, 9.17) is 10.5 Å². The Labute approximate surface area is 122 Å². The monoisotopic (exact) mass is 310 g/mol. The first-order valence-corrected chi connectivity index (χ1v) is 7.60. The summed E-state index contributed by atoms with van der Waals surface area (Å²) in [4.78, 5) is -0.173. The third-order valence-electron chi connectivity index (χ3n) is 2.89. The Bertz CT molecular complexity index is 748. The number of halogens is 1. The van der Waals surface area contributed by atoms with Gasteiger partial charge in [0.2, 0.25) is 0 Å². The molecule has 7 heteroatoms. The van der Waals surface area contributed by atoms with E-state index in [1.54, 1.807) is 18.2 Å². The van der Waals surface area contributed by atoms with Gasteiger partial charge in [0, 0.05) is 18.2 Å². The maximum atomic E-state index is 13.6. The standard InChI is InChI=1S/C14H15FN2O3S/c1-20-11-5-2-4-10(8-11)17-21(18,19)14-7-3-6-13(15)12(14)9-16/h2-8,17H,9,16H2,1H3. The highest BCUT2D eigenvalue weighted by atomic mass is 32.2. The van der Waals surface area contributed by atoms with Gasteiger partial charge in [0.15, 0.2) is 0 Å². The van der Waals surface area contributed by atoms with Crippen LogP contribution in [0.3, 0.4) is 0 Å². The Kier molecular flexibility index (Phi) is 4.44. The van der Waals surface area contributed by atoms with E-state index < -0.39 is 15.8 Å². The predicted molar refractivity (Wildman–Crippen MR) is 78.1 cm³/mol. The molecular weight excluding hydrogens is 295 g/mol. The largest absolute Gasteiger partial charge is 0.497 e. The van der Waals surface area contributed by atoms with Crippen molar-refractivity contribution in [3.8, 4) is 5.75 Å². The molecule has 0 radical (unpaired) electrons. The summed E-state index contributed by atoms with van der Waals surface area (Å²) >= 11 is 0. The molecule has 2 rings (SSSR count). The lowest BCUT2D eigenvalue weighted by Crippen LogP contribution is -2.17. The van der Waals surface area contributed by atoms with Crippen LogP contribution in [0.1, 0.15) is 5.56 Å². The van der Waals surface area contributed by atoms with Gasteiger partial charge in [0.05, 0.1) is 17.7 Å². The van der Waals surface area contributed by atoms with Gasteiger partial charge in [-0.25, -0.2) is 12.8 Å². The average molecular weight is 310 g/mol. The van der Waals surface area contributed by atoms with Gasteiger partial charge in [0.1, 0.15) is 11.6 Å². The van der Waals surface area contributed by atoms with Gasteiger partial charge in [-0.1, -0.05) is 12.1 Å². The molecule has 21 heavy (non-hydrogen) atoms. The van der Waals surface area contributed by atoms with Gasteiger partial charge in [-0.15, -0.1) is 0 Å². The molecule has 0 aliphatic carbocycles. The first-order chi connectivity index (χ1) is 9.97. The molecule has 0 bridgehead atoms. The lowest BCUT2D eigenvalue weighted by molar-refractivity contribution is 0.415. The van der Waals surface area contributed by atoms with Crippen molar-refractivity contribution in [1.82, 2.24) is 0 Å². The van der Waals surface area contributed by atoms with Crippen LogP contribution in [0.25, 0.3) is 0 Å². The van der Waals surface area contributed by atoms with E-state index in [2.05, 4.69) is 4.72 Å². The van der Waals surface area contributed by atoms with Crippen molar-refractivity contribution >= 4 is 15.7 Å². The van der Waals surface area contributed by atoms with Crippen molar-refractivity contribution in [2.24, 2.45) is 5.73 Å². The molecule has 2 aromatic rings. The van der Waals surface area contributed by atoms with Gasteiger partial charge in [-0.2, -0.15) is 0 Å². The first-order valence-electron chi connectivity index (χ1n) is 6.12. The van der Waals surface area contributed by atoms with E-state index >= 15 is 0 Å². The van der Waals surface area contributed by atoms with Crippen LogP contribution in [0.15, 0.2) is 47.4 Å². The predicted octanol–water partition coefficient (Wildman–Crippen LogP) is 2.09. The fourth-order valence-corrected chi connectivity index (χ4v) is 3.20. The van der Waals surface area contributed by atoms with Crippen molar-refractivity contribution in [1.29, 1.82) is 0 Å². The van der Waals surface area contributed by atoms with Crippen LogP contribution in [0.2, 0.25) is 0 Å². The molecule has 2 aromatic carbocycles. The second-order valence-corrected chi connectivity index (χ2v) is 5.91. The van der Waals surface area contributed by atoms with Gasteiger partial charge in [-0.3, -0.25) is 4.72 Å². The summed E-state index contributed by atoms with van der Waals surface area (Å²) < 4.78 is 45.8. The minimum absolute atomic E-state index is 0.0482. The van der Waals surface area contributed by atoms with E-state index in [1.165, 1.54) is 31.4 Å². The molecule has 0 saturated carbocycles. The number of nitrogens with two attached hydrogens (primary N) is 1. The van der Waals surface area contributed by atoms with E-state index in [9.17, 15) is 12.8 Å². The minimum atomic E-state index is -3.93. The van der Waals surface area contributed by atoms with Gasteiger partial charge < -0.3 is 10.5 Å². The molecule has 0 aliphatic heterocycles. The quantitative estimate of drug-likeness (QED) is 0.886. The highest BCUT2D eigenvalue weighted by Crippen LogP contribution is 2.23. The number of rotatable bonds is 5. The van der Waals surface area contributed by atoms with Crippen molar-refractivity contribution in [2.75, 3.05) is 11.8 Å². The zero-order valence-corrected chi connectivity index (χ0v) is 12.2. The van der Waals surface area contributed by atoms with Crippen LogP contribution in [0, 0.1) is 5.82 Å². The van der Waals surface area contributed by atoms with Crippen LogP contribution in [0.5, 0.6) is 5.75 Å². The highest BCUT2D eigenvalue weighted by molar-refractivity contribution is 7.92. The molecule has 5 nitrogen and oxygen atoms in total. The Hall–Kier alpha value is -2.12. The number of hydrogen-bond acceptors (Lipinski definition) is 4. The number of benzene rings is 2. The molecule has 0 fully saturated rings. The fourth-order valence-electron chi connectivity index (χ4n) is 1.89. The number of hydrogen-bond donors (Lipinski definition) is 2. The Morgan fingerprint density at radius 2 is 1.95 bits per heavy atom. The maximum Gasteiger partial charge on any atom is 0.262 e. The lowest BCUT2D eigenvalue weighted by atomic mass is 10.2. The van der Waals surface area contributed by atoms with Gasteiger partial charge in [-0.05, 0) is 24.3 Å². The normalized spacial score (nSPS) is 11.2. The molecule has 0 unspecified atom stereocenters. The zero-order valence-electron chi connectivity index (χ0n) is 11.3. The van der Waals surface area contributed by atoms with Crippen molar-refractivity contribution in [3.63, 3.8) is 0 Å². The molecular formula is C14H15FN2O3S. The molecule has 0 spiro atoms. The Balaban J connectivity index is 2.41. The summed E-state index contributed by atoms with van der Waals surface area (Å²) in [5.41, 5.74) is 5.71. The number of ether oxygens (including phenoxy) is 1. The van der Waals surface area contributed by atoms with Gasteiger partial charge >= 0.3 is 0 Å². The van der Waals surface area contributed by atoms with Crippen LogP contribution in [0.4, 0.5) is 10.1 Å². The third-order valence-corrected chi connectivity index (χ3v) is 4.36. The zero-order chi connectivity index (χ0) is 15.5. The summed E-state index contributed by atoms with van der Waals surface area (Å²) in [6.07, 6.45) is 0. The second-order valence-electron chi connectivity index (χ2n) is 4.26. The molecule has 0 aliphatic rings. The van der Waals surface area contributed by atoms with E-state index in [1.807, 2.05) is 0 Å². The average Bonchev–Trinajstić information content (AvgIpc) is 2.46. The maximum absolute atomic E-state index is 13.6. The molecule has 0 amide bonds. The molecule has 0 saturated heterocycles. The van der Waals surface area contributed by atoms with Gasteiger partial charge in [0.25, 0.3) is 10.0 Å². The summed E-state index contributed by atoms with van der Waals surface area (Å²) in [6, 6.07) is 10.2. The van der Waals surface area contributed by atoms with Crippen LogP contribution < -0.4 is 15.2 Å². The van der Waals surface area contributed by atoms with Crippen LogP contribution in [-0.2, 0) is 16.6 Å². The molecule has 3 N–H and O–H groups in total. The summed E-state index contributed by atoms with van der Waals surface area (Å²) in [7, 11) is -2.45. The Morgan fingerprint density at radius 3 is 2.62 bits per heavy atom. The molecule has 0 aromatic heterocycles. The second kappa shape index (κ2) is 6.11. The number of nitrogens with one attached hydrogen (secondary N) is 1. The number of methoxy groups -OCH3 is 1. The van der Waals surface area contributed by atoms with Crippen LogP contribution in [-0.4, -0.2) is 15.5 Å². The first kappa shape index (κ1) is 15.3. The lowest BCUT2D eigenvalue weighted by Gasteiger charge is -2.12. The van der Waals surface area contributed by atoms with Crippen molar-refractivity contribution in [2.45, 2.75) is 11.4 Å². The van der Waals surface area contributed by atoms with E-state index in [0.717, 1.165) is 0 Å². The van der Waals surface area contributed by atoms with Crippen LogP contribution >= 0.6 is 0 Å². The highest BCUT2D eigenvalue weighted by Gasteiger charge is 2.20. The number of sulfonamides is 1. The topological polar surface area (TPSA) is 81.4 Å². The number of anilines is 1.